The molecule has 2 aromatic heterocycles. The fourth-order valence-corrected chi connectivity index (χ4v) is 3.19. The van der Waals surface area contributed by atoms with Crippen LogP contribution >= 0.6 is 11.3 Å². The Hall–Kier alpha value is -2.60. The quantitative estimate of drug-likeness (QED) is 0.743. The van der Waals surface area contributed by atoms with Gasteiger partial charge in [-0.1, -0.05) is 12.1 Å². The molecule has 0 aliphatic rings. The molecule has 1 aromatic carbocycles. The van der Waals surface area contributed by atoms with E-state index in [1.54, 1.807) is 24.3 Å². The van der Waals surface area contributed by atoms with Crippen LogP contribution < -0.4 is 5.43 Å². The van der Waals surface area contributed by atoms with Crippen LogP contribution in [0.4, 0.5) is 0 Å². The number of esters is 1. The summed E-state index contributed by atoms with van der Waals surface area (Å²) < 4.78 is 10.5. The third kappa shape index (κ3) is 2.85. The Kier molecular flexibility index (Phi) is 4.16. The van der Waals surface area contributed by atoms with E-state index >= 15 is 0 Å². The second-order valence-corrected chi connectivity index (χ2v) is 5.81. The molecule has 118 valence electrons. The lowest BCUT2D eigenvalue weighted by Gasteiger charge is -2.15. The molecule has 0 saturated heterocycles. The van der Waals surface area contributed by atoms with Crippen LogP contribution in [0.5, 0.6) is 5.75 Å². The van der Waals surface area contributed by atoms with Crippen LogP contribution in [0.3, 0.4) is 0 Å². The molecule has 0 fully saturated rings. The fourth-order valence-electron chi connectivity index (χ4n) is 2.47. The van der Waals surface area contributed by atoms with E-state index in [1.807, 2.05) is 16.8 Å². The Bertz CT molecular complexity index is 895. The average molecular weight is 330 g/mol. The summed E-state index contributed by atoms with van der Waals surface area (Å²) in [5.74, 6) is -1.41. The molecule has 0 amide bonds. The number of ether oxygens (including phenoxy) is 1. The summed E-state index contributed by atoms with van der Waals surface area (Å²) in [6.07, 6.45) is -0.0257. The molecule has 1 N–H and O–H groups in total. The maximum absolute atomic E-state index is 12.4. The van der Waals surface area contributed by atoms with E-state index in [0.717, 1.165) is 5.56 Å². The maximum Gasteiger partial charge on any atom is 0.306 e. The van der Waals surface area contributed by atoms with E-state index in [0.29, 0.717) is 11.0 Å². The SMILES string of the molecule is COC(=O)CC(c1ccsc1)c1oc2ccccc2c(=O)c1O. The highest BCUT2D eigenvalue weighted by atomic mass is 32.1. The van der Waals surface area contributed by atoms with E-state index in [1.165, 1.54) is 18.4 Å². The Morgan fingerprint density at radius 1 is 1.35 bits per heavy atom. The average Bonchev–Trinajstić information content (AvgIpc) is 3.10. The topological polar surface area (TPSA) is 76.7 Å². The second kappa shape index (κ2) is 6.26. The Balaban J connectivity index is 2.19. The Morgan fingerprint density at radius 2 is 2.13 bits per heavy atom. The number of hydrogen-bond donors (Lipinski definition) is 1. The molecule has 1 atom stereocenters. The Morgan fingerprint density at radius 3 is 2.83 bits per heavy atom. The molecule has 0 aliphatic carbocycles. The van der Waals surface area contributed by atoms with Crippen LogP contribution in [0.25, 0.3) is 11.0 Å². The van der Waals surface area contributed by atoms with E-state index in [2.05, 4.69) is 0 Å². The van der Waals surface area contributed by atoms with E-state index in [-0.39, 0.29) is 12.2 Å². The third-order valence-electron chi connectivity index (χ3n) is 3.66. The summed E-state index contributed by atoms with van der Waals surface area (Å²) in [4.78, 5) is 24.1. The number of carbonyl (C=O) groups is 1. The molecule has 5 nitrogen and oxygen atoms in total. The maximum atomic E-state index is 12.4. The first kappa shape index (κ1) is 15.3. The number of fused-ring (bicyclic) bond motifs is 1. The molecular formula is C17H14O5S. The van der Waals surface area contributed by atoms with Crippen molar-refractivity contribution in [3.8, 4) is 5.75 Å². The summed E-state index contributed by atoms with van der Waals surface area (Å²) in [5.41, 5.74) is 0.650. The minimum atomic E-state index is -0.578. The fraction of sp³-hybridized carbons (Fsp3) is 0.176. The van der Waals surface area contributed by atoms with Crippen LogP contribution in [0, 0.1) is 0 Å². The first-order valence-electron chi connectivity index (χ1n) is 6.95. The normalized spacial score (nSPS) is 12.2. The number of benzene rings is 1. The van der Waals surface area contributed by atoms with Crippen molar-refractivity contribution in [2.75, 3.05) is 7.11 Å². The van der Waals surface area contributed by atoms with E-state index < -0.39 is 23.1 Å². The lowest BCUT2D eigenvalue weighted by Crippen LogP contribution is -2.13. The van der Waals surface area contributed by atoms with Gasteiger partial charge >= 0.3 is 5.97 Å². The molecule has 0 saturated carbocycles. The smallest absolute Gasteiger partial charge is 0.306 e. The highest BCUT2D eigenvalue weighted by Gasteiger charge is 2.27. The summed E-state index contributed by atoms with van der Waals surface area (Å²) in [5, 5.41) is 14.3. The van der Waals surface area contributed by atoms with Gasteiger partial charge in [-0.05, 0) is 34.5 Å². The minimum Gasteiger partial charge on any atom is -0.502 e. The van der Waals surface area contributed by atoms with Crippen molar-refractivity contribution in [1.82, 2.24) is 0 Å². The number of aromatic hydroxyl groups is 1. The van der Waals surface area contributed by atoms with Gasteiger partial charge in [0.25, 0.3) is 0 Å². The first-order valence-corrected chi connectivity index (χ1v) is 7.89. The van der Waals surface area contributed by atoms with Gasteiger partial charge < -0.3 is 14.3 Å². The van der Waals surface area contributed by atoms with Crippen molar-refractivity contribution in [3.63, 3.8) is 0 Å². The van der Waals surface area contributed by atoms with Crippen molar-refractivity contribution >= 4 is 28.3 Å². The number of rotatable bonds is 4. The van der Waals surface area contributed by atoms with Gasteiger partial charge in [-0.25, -0.2) is 0 Å². The summed E-state index contributed by atoms with van der Waals surface area (Å²) in [7, 11) is 1.30. The summed E-state index contributed by atoms with van der Waals surface area (Å²) >= 11 is 1.46. The zero-order valence-corrected chi connectivity index (χ0v) is 13.1. The number of methoxy groups -OCH3 is 1. The van der Waals surface area contributed by atoms with Crippen molar-refractivity contribution in [2.24, 2.45) is 0 Å². The Labute approximate surface area is 135 Å². The molecule has 0 aliphatic heterocycles. The van der Waals surface area contributed by atoms with Gasteiger partial charge in [0.05, 0.1) is 24.8 Å². The molecule has 3 rings (SSSR count). The highest BCUT2D eigenvalue weighted by Crippen LogP contribution is 2.35. The second-order valence-electron chi connectivity index (χ2n) is 5.03. The zero-order valence-electron chi connectivity index (χ0n) is 12.3. The van der Waals surface area contributed by atoms with Gasteiger partial charge in [0.2, 0.25) is 11.2 Å². The van der Waals surface area contributed by atoms with Crippen molar-refractivity contribution in [1.29, 1.82) is 0 Å². The lowest BCUT2D eigenvalue weighted by molar-refractivity contribution is -0.140. The van der Waals surface area contributed by atoms with Gasteiger partial charge in [-0.15, -0.1) is 0 Å². The lowest BCUT2D eigenvalue weighted by atomic mass is 9.94. The summed E-state index contributed by atoms with van der Waals surface area (Å²) in [6, 6.07) is 8.51. The number of hydrogen-bond acceptors (Lipinski definition) is 6. The molecule has 1 unspecified atom stereocenters. The van der Waals surface area contributed by atoms with Crippen molar-refractivity contribution in [3.05, 3.63) is 62.6 Å². The zero-order chi connectivity index (χ0) is 16.4. The molecule has 0 bridgehead atoms. The molecule has 6 heteroatoms. The molecular weight excluding hydrogens is 316 g/mol. The van der Waals surface area contributed by atoms with Crippen LogP contribution in [-0.2, 0) is 9.53 Å². The van der Waals surface area contributed by atoms with Crippen LogP contribution in [0.1, 0.15) is 23.7 Å². The van der Waals surface area contributed by atoms with Gasteiger partial charge in [0.1, 0.15) is 5.58 Å². The van der Waals surface area contributed by atoms with Crippen molar-refractivity contribution < 1.29 is 19.1 Å². The largest absolute Gasteiger partial charge is 0.502 e. The van der Waals surface area contributed by atoms with E-state index in [9.17, 15) is 14.7 Å². The predicted molar refractivity (Wildman–Crippen MR) is 86.9 cm³/mol. The summed E-state index contributed by atoms with van der Waals surface area (Å²) in [6.45, 7) is 0. The van der Waals surface area contributed by atoms with Gasteiger partial charge in [-0.3, -0.25) is 9.59 Å². The predicted octanol–water partition coefficient (Wildman–Crippen LogP) is 3.26. The number of para-hydroxylation sites is 1. The van der Waals surface area contributed by atoms with Crippen LogP contribution in [0.2, 0.25) is 0 Å². The van der Waals surface area contributed by atoms with Gasteiger partial charge in [0.15, 0.2) is 5.76 Å². The number of carbonyl (C=O) groups excluding carboxylic acids is 1. The first-order chi connectivity index (χ1) is 11.1. The minimum absolute atomic E-state index is 0.0257. The molecule has 0 spiro atoms. The monoisotopic (exact) mass is 330 g/mol. The molecule has 2 heterocycles. The van der Waals surface area contributed by atoms with E-state index in [4.69, 9.17) is 9.15 Å². The van der Waals surface area contributed by atoms with Gasteiger partial charge in [-0.2, -0.15) is 11.3 Å². The molecule has 23 heavy (non-hydrogen) atoms. The molecule has 3 aromatic rings. The third-order valence-corrected chi connectivity index (χ3v) is 4.36. The number of thiophene rings is 1. The highest BCUT2D eigenvalue weighted by molar-refractivity contribution is 7.08. The van der Waals surface area contributed by atoms with Crippen LogP contribution in [0.15, 0.2) is 50.3 Å². The molecule has 0 radical (unpaired) electrons. The van der Waals surface area contributed by atoms with Crippen molar-refractivity contribution in [2.45, 2.75) is 12.3 Å². The van der Waals surface area contributed by atoms with Gasteiger partial charge in [0, 0.05) is 0 Å². The standard InChI is InChI=1S/C17H14O5S/c1-21-14(18)8-12(10-6-7-23-9-10)17-16(20)15(19)11-4-2-3-5-13(11)22-17/h2-7,9,12,20H,8H2,1H3. The van der Waals surface area contributed by atoms with Crippen LogP contribution in [-0.4, -0.2) is 18.2 Å².